The minimum Gasteiger partial charge on any atom is -0.461 e. The Morgan fingerprint density at radius 3 is 2.27 bits per heavy atom. The molecule has 0 amide bonds. The van der Waals surface area contributed by atoms with Gasteiger partial charge in [-0.25, -0.2) is 4.79 Å². The number of hydrogen-bond donors (Lipinski definition) is 2. The molecule has 5 fully saturated rings. The molecule has 3 saturated heterocycles. The number of fused-ring (bicyclic) bond motifs is 2. The van der Waals surface area contributed by atoms with Crippen LogP contribution in [0.3, 0.4) is 0 Å². The zero-order valence-electron chi connectivity index (χ0n) is 17.7. The van der Waals surface area contributed by atoms with E-state index < -0.39 is 76.2 Å². The predicted molar refractivity (Wildman–Crippen MR) is 97.3 cm³/mol. The quantitative estimate of drug-likeness (QED) is 0.446. The van der Waals surface area contributed by atoms with E-state index in [9.17, 15) is 24.6 Å². The first-order valence-corrected chi connectivity index (χ1v) is 10.4. The van der Waals surface area contributed by atoms with Gasteiger partial charge in [-0.1, -0.05) is 20.8 Å². The van der Waals surface area contributed by atoms with Gasteiger partial charge in [0.05, 0.1) is 11.3 Å². The summed E-state index contributed by atoms with van der Waals surface area (Å²) in [6.07, 6.45) is -3.83. The highest BCUT2D eigenvalue weighted by molar-refractivity contribution is 5.86. The summed E-state index contributed by atoms with van der Waals surface area (Å²) in [5.41, 5.74) is -4.72. The van der Waals surface area contributed by atoms with Crippen LogP contribution in [0.4, 0.5) is 0 Å². The van der Waals surface area contributed by atoms with Gasteiger partial charge in [0, 0.05) is 12.5 Å². The molecule has 2 spiro atoms. The Balaban J connectivity index is 1.79. The van der Waals surface area contributed by atoms with Crippen LogP contribution in [0.2, 0.25) is 0 Å². The van der Waals surface area contributed by atoms with Crippen molar-refractivity contribution >= 4 is 17.9 Å². The van der Waals surface area contributed by atoms with Crippen LogP contribution in [0.15, 0.2) is 0 Å². The standard InChI is InChI=1S/C21H28O9/c1-8-14(23)29-11-7-19-10(28-15(24)12(19)21(8,11)26)6-9(18(2,3)4)20(19)13(22)16(25)30-17(20)27-5/h8-13,17,22,26H,6-7H2,1-5H3/t8-,9+,10?,11+,12?,13+,17?,19+,20?,21-/m1/s1. The molecule has 0 aromatic heterocycles. The summed E-state index contributed by atoms with van der Waals surface area (Å²) < 4.78 is 22.4. The van der Waals surface area contributed by atoms with Crippen molar-refractivity contribution in [2.45, 2.75) is 70.7 Å². The largest absolute Gasteiger partial charge is 0.461 e. The van der Waals surface area contributed by atoms with Gasteiger partial charge in [0.2, 0.25) is 6.29 Å². The van der Waals surface area contributed by atoms with Gasteiger partial charge in [-0.05, 0) is 31.1 Å². The number of ether oxygens (including phenoxy) is 4. The van der Waals surface area contributed by atoms with Crippen LogP contribution < -0.4 is 0 Å². The van der Waals surface area contributed by atoms with Gasteiger partial charge in [-0.2, -0.15) is 0 Å². The lowest BCUT2D eigenvalue weighted by molar-refractivity contribution is -0.223. The topological polar surface area (TPSA) is 129 Å². The number of rotatable bonds is 1. The number of aliphatic hydroxyl groups is 2. The van der Waals surface area contributed by atoms with Gasteiger partial charge in [0.15, 0.2) is 6.10 Å². The summed E-state index contributed by atoms with van der Waals surface area (Å²) in [6.45, 7) is 7.50. The van der Waals surface area contributed by atoms with E-state index in [1.165, 1.54) is 14.0 Å². The molecule has 30 heavy (non-hydrogen) atoms. The minimum atomic E-state index is -1.79. The van der Waals surface area contributed by atoms with E-state index >= 15 is 0 Å². The van der Waals surface area contributed by atoms with E-state index in [1.807, 2.05) is 20.8 Å². The summed E-state index contributed by atoms with van der Waals surface area (Å²) in [5, 5.41) is 23.0. The van der Waals surface area contributed by atoms with Gasteiger partial charge < -0.3 is 29.2 Å². The maximum Gasteiger partial charge on any atom is 0.338 e. The Morgan fingerprint density at radius 1 is 1.03 bits per heavy atom. The summed E-state index contributed by atoms with van der Waals surface area (Å²) in [5.74, 6) is -4.45. The highest BCUT2D eigenvalue weighted by Crippen LogP contribution is 2.78. The number of aliphatic hydroxyl groups excluding tert-OH is 1. The van der Waals surface area contributed by atoms with Crippen molar-refractivity contribution in [3.05, 3.63) is 0 Å². The van der Waals surface area contributed by atoms with E-state index in [1.54, 1.807) is 0 Å². The Hall–Kier alpha value is -1.71. The third-order valence-electron chi connectivity index (χ3n) is 8.77. The third-order valence-corrected chi connectivity index (χ3v) is 8.77. The molecule has 2 saturated carbocycles. The van der Waals surface area contributed by atoms with Crippen molar-refractivity contribution in [3.63, 3.8) is 0 Å². The van der Waals surface area contributed by atoms with Gasteiger partial charge in [-0.3, -0.25) is 9.59 Å². The number of hydrogen-bond acceptors (Lipinski definition) is 9. The highest BCUT2D eigenvalue weighted by Gasteiger charge is 2.90. The van der Waals surface area contributed by atoms with Crippen molar-refractivity contribution < 1.29 is 43.5 Å². The van der Waals surface area contributed by atoms with Crippen LogP contribution in [0.5, 0.6) is 0 Å². The summed E-state index contributed by atoms with van der Waals surface area (Å²) in [4.78, 5) is 38.1. The summed E-state index contributed by atoms with van der Waals surface area (Å²) in [6, 6.07) is 0. The van der Waals surface area contributed by atoms with Crippen molar-refractivity contribution in [1.82, 2.24) is 0 Å². The smallest absolute Gasteiger partial charge is 0.338 e. The predicted octanol–water partition coefficient (Wildman–Crippen LogP) is 0.153. The van der Waals surface area contributed by atoms with Gasteiger partial charge >= 0.3 is 17.9 Å². The third kappa shape index (κ3) is 1.81. The molecule has 9 heteroatoms. The Kier molecular flexibility index (Phi) is 3.74. The fourth-order valence-electron chi connectivity index (χ4n) is 7.74. The molecule has 4 unspecified atom stereocenters. The molecule has 0 bridgehead atoms. The molecular formula is C21H28O9. The average Bonchev–Trinajstić information content (AvgIpc) is 3.32. The molecule has 166 valence electrons. The fourth-order valence-corrected chi connectivity index (χ4v) is 7.74. The van der Waals surface area contributed by atoms with Crippen molar-refractivity contribution in [3.8, 4) is 0 Å². The molecule has 2 aliphatic carbocycles. The maximum atomic E-state index is 13.1. The number of carbonyl (C=O) groups is 3. The molecule has 5 aliphatic rings. The molecule has 3 heterocycles. The van der Waals surface area contributed by atoms with E-state index in [2.05, 4.69) is 0 Å². The van der Waals surface area contributed by atoms with Gasteiger partial charge in [0.1, 0.15) is 23.7 Å². The lowest BCUT2D eigenvalue weighted by Crippen LogP contribution is -2.61. The van der Waals surface area contributed by atoms with Crippen LogP contribution in [0, 0.1) is 34.0 Å². The molecular weight excluding hydrogens is 396 g/mol. The van der Waals surface area contributed by atoms with Crippen LogP contribution in [0.25, 0.3) is 0 Å². The molecule has 5 rings (SSSR count). The van der Waals surface area contributed by atoms with E-state index in [0.717, 1.165) is 0 Å². The molecule has 0 radical (unpaired) electrons. The number of esters is 3. The molecule has 10 atom stereocenters. The van der Waals surface area contributed by atoms with Crippen LogP contribution in [0.1, 0.15) is 40.5 Å². The zero-order valence-corrected chi connectivity index (χ0v) is 17.7. The lowest BCUT2D eigenvalue weighted by Gasteiger charge is -2.51. The Labute approximate surface area is 174 Å². The molecule has 9 nitrogen and oxygen atoms in total. The second-order valence-electron chi connectivity index (χ2n) is 10.6. The fraction of sp³-hybridized carbons (Fsp3) is 0.857. The van der Waals surface area contributed by atoms with E-state index in [4.69, 9.17) is 18.9 Å². The maximum absolute atomic E-state index is 13.1. The van der Waals surface area contributed by atoms with Gasteiger partial charge in [-0.15, -0.1) is 0 Å². The number of cyclic esters (lactones) is 1. The monoisotopic (exact) mass is 424 g/mol. The normalized spacial score (nSPS) is 54.1. The Morgan fingerprint density at radius 2 is 1.67 bits per heavy atom. The average molecular weight is 424 g/mol. The SMILES string of the molecule is COC1OC(=O)[C@H](O)C12[C@H](C(C)(C)C)CC1OC(=O)C3[C@]4(O)[C@H](C[C@]132)OC(=O)[C@H]4C. The minimum absolute atomic E-state index is 0.0841. The second kappa shape index (κ2) is 5.55. The molecule has 3 aliphatic heterocycles. The van der Waals surface area contributed by atoms with Crippen molar-refractivity contribution in [1.29, 1.82) is 0 Å². The zero-order chi connectivity index (χ0) is 22.0. The molecule has 2 N–H and O–H groups in total. The second-order valence-corrected chi connectivity index (χ2v) is 10.6. The van der Waals surface area contributed by atoms with Crippen molar-refractivity contribution in [2.24, 2.45) is 34.0 Å². The molecule has 0 aromatic carbocycles. The van der Waals surface area contributed by atoms with Crippen LogP contribution in [-0.2, 0) is 33.3 Å². The number of carbonyl (C=O) groups excluding carboxylic acids is 3. The first-order chi connectivity index (χ1) is 13.9. The van der Waals surface area contributed by atoms with Crippen LogP contribution in [-0.4, -0.2) is 65.4 Å². The first kappa shape index (κ1) is 20.2. The van der Waals surface area contributed by atoms with Crippen molar-refractivity contribution in [2.75, 3.05) is 7.11 Å². The van der Waals surface area contributed by atoms with E-state index in [-0.39, 0.29) is 12.3 Å². The Bertz CT molecular complexity index is 848. The summed E-state index contributed by atoms with van der Waals surface area (Å²) in [7, 11) is 1.39. The van der Waals surface area contributed by atoms with E-state index in [0.29, 0.717) is 6.42 Å². The van der Waals surface area contributed by atoms with Gasteiger partial charge in [0.25, 0.3) is 0 Å². The number of methoxy groups -OCH3 is 1. The first-order valence-electron chi connectivity index (χ1n) is 10.4. The lowest BCUT2D eigenvalue weighted by atomic mass is 9.51. The molecule has 0 aromatic rings. The van der Waals surface area contributed by atoms with Crippen LogP contribution >= 0.6 is 0 Å². The highest BCUT2D eigenvalue weighted by atomic mass is 16.7. The summed E-state index contributed by atoms with van der Waals surface area (Å²) >= 11 is 0.